The van der Waals surface area contributed by atoms with Crippen molar-refractivity contribution in [1.29, 1.82) is 0 Å². The lowest BCUT2D eigenvalue weighted by Crippen LogP contribution is -2.30. The van der Waals surface area contributed by atoms with Crippen LogP contribution in [-0.4, -0.2) is 44.4 Å². The topological polar surface area (TPSA) is 84.1 Å². The van der Waals surface area contributed by atoms with Gasteiger partial charge in [0, 0.05) is 20.1 Å². The first-order valence-electron chi connectivity index (χ1n) is 6.00. The lowest BCUT2D eigenvalue weighted by molar-refractivity contribution is 0.217. The summed E-state index contributed by atoms with van der Waals surface area (Å²) in [6, 6.07) is 7.70. The summed E-state index contributed by atoms with van der Waals surface area (Å²) in [6.45, 7) is 0.520. The van der Waals surface area contributed by atoms with E-state index < -0.39 is 10.0 Å². The molecule has 104 valence electrons. The molecule has 0 bridgehead atoms. The second-order valence-corrected chi connectivity index (χ2v) is 6.08. The number of aromatic amines is 1. The number of methoxy groups -OCH3 is 1. The normalized spacial score (nSPS) is 12.1. The molecule has 0 spiro atoms. The van der Waals surface area contributed by atoms with Gasteiger partial charge in [-0.1, -0.05) is 12.1 Å². The standard InChI is InChI=1S/C12H17N3O3S/c1-18-8-9-19(16,17)13-7-6-12-14-10-4-2-3-5-11(10)15-12/h2-5,13H,6-9H2,1H3,(H,14,15). The van der Waals surface area contributed by atoms with Crippen molar-refractivity contribution in [3.8, 4) is 0 Å². The second-order valence-electron chi connectivity index (χ2n) is 4.16. The summed E-state index contributed by atoms with van der Waals surface area (Å²) in [6.07, 6.45) is 0.529. The number of hydrogen-bond donors (Lipinski definition) is 2. The number of para-hydroxylation sites is 2. The number of fused-ring (bicyclic) bond motifs is 1. The molecule has 0 saturated heterocycles. The van der Waals surface area contributed by atoms with Crippen molar-refractivity contribution in [2.45, 2.75) is 6.42 Å². The number of nitrogens with zero attached hydrogens (tertiary/aromatic N) is 1. The summed E-state index contributed by atoms with van der Waals surface area (Å²) in [5.74, 6) is 0.750. The van der Waals surface area contributed by atoms with Gasteiger partial charge in [-0.3, -0.25) is 0 Å². The zero-order valence-electron chi connectivity index (χ0n) is 10.7. The molecule has 0 fully saturated rings. The van der Waals surface area contributed by atoms with Crippen LogP contribution in [0.1, 0.15) is 5.82 Å². The van der Waals surface area contributed by atoms with Gasteiger partial charge in [-0.15, -0.1) is 0 Å². The minimum absolute atomic E-state index is 0.0242. The molecule has 1 aromatic heterocycles. The highest BCUT2D eigenvalue weighted by atomic mass is 32.2. The Balaban J connectivity index is 1.89. The van der Waals surface area contributed by atoms with Crippen molar-refractivity contribution < 1.29 is 13.2 Å². The highest BCUT2D eigenvalue weighted by Gasteiger charge is 2.09. The monoisotopic (exact) mass is 283 g/mol. The van der Waals surface area contributed by atoms with Gasteiger partial charge in [-0.25, -0.2) is 18.1 Å². The maximum absolute atomic E-state index is 11.5. The van der Waals surface area contributed by atoms with Crippen LogP contribution < -0.4 is 4.72 Å². The largest absolute Gasteiger partial charge is 0.384 e. The average molecular weight is 283 g/mol. The molecule has 0 aliphatic heterocycles. The molecular formula is C12H17N3O3S. The Morgan fingerprint density at radius 2 is 2.16 bits per heavy atom. The van der Waals surface area contributed by atoms with E-state index >= 15 is 0 Å². The Labute approximate surface area is 112 Å². The van der Waals surface area contributed by atoms with Crippen molar-refractivity contribution in [2.75, 3.05) is 26.0 Å². The smallest absolute Gasteiger partial charge is 0.213 e. The minimum atomic E-state index is -3.26. The molecule has 7 heteroatoms. The van der Waals surface area contributed by atoms with Crippen molar-refractivity contribution in [3.63, 3.8) is 0 Å². The summed E-state index contributed by atoms with van der Waals surface area (Å²) < 4.78 is 30.3. The third kappa shape index (κ3) is 4.02. The molecular weight excluding hydrogens is 266 g/mol. The maximum atomic E-state index is 11.5. The number of hydrogen-bond acceptors (Lipinski definition) is 4. The zero-order chi connectivity index (χ0) is 13.7. The van der Waals surface area contributed by atoms with E-state index in [0.29, 0.717) is 13.0 Å². The van der Waals surface area contributed by atoms with Gasteiger partial charge in [-0.2, -0.15) is 0 Å². The van der Waals surface area contributed by atoms with Gasteiger partial charge in [0.2, 0.25) is 10.0 Å². The highest BCUT2D eigenvalue weighted by molar-refractivity contribution is 7.89. The molecule has 2 rings (SSSR count). The lowest BCUT2D eigenvalue weighted by Gasteiger charge is -2.04. The van der Waals surface area contributed by atoms with Crippen LogP contribution in [0.3, 0.4) is 0 Å². The number of rotatable bonds is 7. The van der Waals surface area contributed by atoms with Crippen LogP contribution in [0.4, 0.5) is 0 Å². The Hall–Kier alpha value is -1.44. The average Bonchev–Trinajstić information content (AvgIpc) is 2.78. The fourth-order valence-corrected chi connectivity index (χ4v) is 2.66. The molecule has 0 saturated carbocycles. The van der Waals surface area contributed by atoms with E-state index in [1.807, 2.05) is 24.3 Å². The fraction of sp³-hybridized carbons (Fsp3) is 0.417. The first-order valence-corrected chi connectivity index (χ1v) is 7.66. The van der Waals surface area contributed by atoms with Crippen LogP contribution in [0.15, 0.2) is 24.3 Å². The molecule has 0 radical (unpaired) electrons. The maximum Gasteiger partial charge on any atom is 0.213 e. The van der Waals surface area contributed by atoms with Crippen molar-refractivity contribution in [2.24, 2.45) is 0 Å². The first-order chi connectivity index (χ1) is 9.11. The molecule has 2 N–H and O–H groups in total. The van der Waals surface area contributed by atoms with Crippen molar-refractivity contribution in [3.05, 3.63) is 30.1 Å². The molecule has 0 amide bonds. The van der Waals surface area contributed by atoms with E-state index in [1.54, 1.807) is 0 Å². The predicted molar refractivity (Wildman–Crippen MR) is 73.5 cm³/mol. The SMILES string of the molecule is COCCS(=O)(=O)NCCc1nc2ccccc2[nH]1. The number of ether oxygens (including phenoxy) is 1. The van der Waals surface area contributed by atoms with Crippen LogP contribution in [-0.2, 0) is 21.2 Å². The molecule has 0 unspecified atom stereocenters. The molecule has 0 aliphatic rings. The molecule has 19 heavy (non-hydrogen) atoms. The fourth-order valence-electron chi connectivity index (χ4n) is 1.71. The highest BCUT2D eigenvalue weighted by Crippen LogP contribution is 2.10. The molecule has 0 atom stereocenters. The number of nitrogens with one attached hydrogen (secondary N) is 2. The number of sulfonamides is 1. The van der Waals surface area contributed by atoms with Crippen LogP contribution >= 0.6 is 0 Å². The molecule has 1 aromatic carbocycles. The summed E-state index contributed by atoms with van der Waals surface area (Å²) in [5, 5.41) is 0. The second kappa shape index (κ2) is 6.14. The summed E-state index contributed by atoms with van der Waals surface area (Å²) in [4.78, 5) is 7.53. The van der Waals surface area contributed by atoms with Gasteiger partial charge in [0.1, 0.15) is 5.82 Å². The molecule has 0 aliphatic carbocycles. The minimum Gasteiger partial charge on any atom is -0.384 e. The predicted octanol–water partition coefficient (Wildman–Crippen LogP) is 0.671. The third-order valence-corrected chi connectivity index (χ3v) is 4.03. The van der Waals surface area contributed by atoms with Gasteiger partial charge in [0.15, 0.2) is 0 Å². The van der Waals surface area contributed by atoms with Crippen LogP contribution in [0.2, 0.25) is 0 Å². The summed E-state index contributed by atoms with van der Waals surface area (Å²) in [5.41, 5.74) is 1.85. The van der Waals surface area contributed by atoms with E-state index in [9.17, 15) is 8.42 Å². The van der Waals surface area contributed by atoms with Crippen molar-refractivity contribution >= 4 is 21.1 Å². The lowest BCUT2D eigenvalue weighted by atomic mass is 10.3. The zero-order valence-corrected chi connectivity index (χ0v) is 11.5. The van der Waals surface area contributed by atoms with Gasteiger partial charge in [0.25, 0.3) is 0 Å². The van der Waals surface area contributed by atoms with Crippen LogP contribution in [0.5, 0.6) is 0 Å². The third-order valence-electron chi connectivity index (χ3n) is 2.68. The summed E-state index contributed by atoms with van der Waals surface area (Å²) >= 11 is 0. The quantitative estimate of drug-likeness (QED) is 0.782. The van der Waals surface area contributed by atoms with Gasteiger partial charge in [-0.05, 0) is 12.1 Å². The Morgan fingerprint density at radius 1 is 1.37 bits per heavy atom. The van der Waals surface area contributed by atoms with E-state index in [2.05, 4.69) is 14.7 Å². The number of aromatic nitrogens is 2. The van der Waals surface area contributed by atoms with Crippen LogP contribution in [0.25, 0.3) is 11.0 Å². The summed E-state index contributed by atoms with van der Waals surface area (Å²) in [7, 11) is -1.78. The molecule has 2 aromatic rings. The van der Waals surface area contributed by atoms with E-state index in [0.717, 1.165) is 16.9 Å². The Bertz CT molecular complexity index is 603. The van der Waals surface area contributed by atoms with E-state index in [-0.39, 0.29) is 12.4 Å². The number of H-pyrrole nitrogens is 1. The van der Waals surface area contributed by atoms with Gasteiger partial charge >= 0.3 is 0 Å². The first kappa shape index (κ1) is 14.0. The van der Waals surface area contributed by atoms with Gasteiger partial charge < -0.3 is 9.72 Å². The van der Waals surface area contributed by atoms with Crippen LogP contribution in [0, 0.1) is 0 Å². The van der Waals surface area contributed by atoms with Crippen molar-refractivity contribution in [1.82, 2.24) is 14.7 Å². The number of benzene rings is 1. The Morgan fingerprint density at radius 3 is 2.89 bits per heavy atom. The Kier molecular flexibility index (Phi) is 4.52. The van der Waals surface area contributed by atoms with E-state index in [1.165, 1.54) is 7.11 Å². The van der Waals surface area contributed by atoms with E-state index in [4.69, 9.17) is 4.74 Å². The molecule has 1 heterocycles. The molecule has 6 nitrogen and oxygen atoms in total. The van der Waals surface area contributed by atoms with Gasteiger partial charge in [0.05, 0.1) is 23.4 Å². The number of imidazole rings is 1.